The molecule has 0 spiro atoms. The Morgan fingerprint density at radius 3 is 2.57 bits per heavy atom. The zero-order chi connectivity index (χ0) is 26.9. The molecule has 3 N–H and O–H groups in total. The van der Waals surface area contributed by atoms with Crippen LogP contribution in [0.4, 0.5) is 8.78 Å². The Balaban J connectivity index is 1.63. The van der Waals surface area contributed by atoms with Crippen LogP contribution in [0.25, 0.3) is 0 Å². The second kappa shape index (κ2) is 14.1. The third-order valence-corrected chi connectivity index (χ3v) is 7.00. The molecule has 1 heterocycles. The highest BCUT2D eigenvalue weighted by Gasteiger charge is 2.31. The zero-order valence-corrected chi connectivity index (χ0v) is 23.4. The van der Waals surface area contributed by atoms with E-state index in [1.54, 1.807) is 4.90 Å². The molecule has 1 saturated heterocycles. The van der Waals surface area contributed by atoms with Gasteiger partial charge in [-0.15, -0.1) is 0 Å². The van der Waals surface area contributed by atoms with E-state index in [0.717, 1.165) is 21.6 Å². The number of nitrogens with zero attached hydrogens (tertiary/aromatic N) is 2. The van der Waals surface area contributed by atoms with Crippen molar-refractivity contribution in [3.8, 4) is 0 Å². The van der Waals surface area contributed by atoms with Gasteiger partial charge >= 0.3 is 0 Å². The summed E-state index contributed by atoms with van der Waals surface area (Å²) in [5.41, 5.74) is 1.38. The molecular formula is C27H35F2IN4O3. The fourth-order valence-electron chi connectivity index (χ4n) is 4.65. The highest BCUT2D eigenvalue weighted by Crippen LogP contribution is 2.14. The highest BCUT2D eigenvalue weighted by molar-refractivity contribution is 14.1. The quantitative estimate of drug-likeness (QED) is 0.315. The molecule has 0 bridgehead atoms. The lowest BCUT2D eigenvalue weighted by molar-refractivity contribution is -0.140. The summed E-state index contributed by atoms with van der Waals surface area (Å²) in [7, 11) is 0. The molecule has 37 heavy (non-hydrogen) atoms. The molecule has 2 aromatic rings. The van der Waals surface area contributed by atoms with E-state index in [1.165, 1.54) is 12.1 Å². The Hall–Kier alpha value is -2.15. The summed E-state index contributed by atoms with van der Waals surface area (Å²) in [6.07, 6.45) is -0.0967. The SMILES string of the molecule is CCCN1C(=O)CN(CC(=O)N[C@@H](Cc2cc(F)cc(F)c2)[C@@H](O)CNCc2cccc(I)c2)C[C@H]1C. The number of aliphatic hydroxyl groups is 1. The Morgan fingerprint density at radius 2 is 1.92 bits per heavy atom. The number of halogens is 3. The molecule has 3 rings (SSSR count). The molecule has 1 fully saturated rings. The number of hydrogen-bond acceptors (Lipinski definition) is 5. The lowest BCUT2D eigenvalue weighted by Gasteiger charge is -2.39. The number of nitrogens with one attached hydrogen (secondary N) is 2. The fraction of sp³-hybridized carbons (Fsp3) is 0.481. The van der Waals surface area contributed by atoms with Crippen LogP contribution in [-0.4, -0.2) is 77.6 Å². The summed E-state index contributed by atoms with van der Waals surface area (Å²) in [5.74, 6) is -1.81. The van der Waals surface area contributed by atoms with Crippen LogP contribution in [0.3, 0.4) is 0 Å². The number of carbonyl (C=O) groups is 2. The van der Waals surface area contributed by atoms with Crippen LogP contribution in [-0.2, 0) is 22.6 Å². The smallest absolute Gasteiger partial charge is 0.237 e. The maximum absolute atomic E-state index is 13.8. The first-order chi connectivity index (χ1) is 17.6. The van der Waals surface area contributed by atoms with Gasteiger partial charge in [0.05, 0.1) is 25.2 Å². The average Bonchev–Trinajstić information content (AvgIpc) is 2.80. The van der Waals surface area contributed by atoms with E-state index in [0.29, 0.717) is 25.2 Å². The minimum atomic E-state index is -1.01. The minimum absolute atomic E-state index is 0.00379. The van der Waals surface area contributed by atoms with Crippen LogP contribution in [0.2, 0.25) is 0 Å². The summed E-state index contributed by atoms with van der Waals surface area (Å²) < 4.78 is 28.7. The molecule has 0 aromatic heterocycles. The van der Waals surface area contributed by atoms with Gasteiger partial charge in [-0.2, -0.15) is 0 Å². The van der Waals surface area contributed by atoms with Crippen molar-refractivity contribution in [1.29, 1.82) is 0 Å². The normalized spacial score (nSPS) is 18.1. The van der Waals surface area contributed by atoms with E-state index in [2.05, 4.69) is 33.2 Å². The molecule has 3 atom stereocenters. The van der Waals surface area contributed by atoms with Gasteiger partial charge in [-0.1, -0.05) is 19.1 Å². The first-order valence-corrected chi connectivity index (χ1v) is 13.6. The predicted octanol–water partition coefficient (Wildman–Crippen LogP) is 2.69. The maximum atomic E-state index is 13.8. The van der Waals surface area contributed by atoms with Gasteiger partial charge in [0, 0.05) is 41.9 Å². The van der Waals surface area contributed by atoms with Crippen molar-refractivity contribution >= 4 is 34.4 Å². The maximum Gasteiger partial charge on any atom is 0.237 e. The van der Waals surface area contributed by atoms with Crippen molar-refractivity contribution in [1.82, 2.24) is 20.4 Å². The molecule has 10 heteroatoms. The second-order valence-corrected chi connectivity index (χ2v) is 10.8. The van der Waals surface area contributed by atoms with Gasteiger partial charge in [0.15, 0.2) is 0 Å². The molecule has 1 aliphatic rings. The van der Waals surface area contributed by atoms with Gasteiger partial charge < -0.3 is 20.6 Å². The topological polar surface area (TPSA) is 84.9 Å². The molecule has 2 amide bonds. The Kier molecular flexibility index (Phi) is 11.2. The second-order valence-electron chi connectivity index (χ2n) is 9.59. The van der Waals surface area contributed by atoms with Gasteiger partial charge in [-0.05, 0) is 77.7 Å². The van der Waals surface area contributed by atoms with Crippen molar-refractivity contribution in [3.05, 3.63) is 68.8 Å². The highest BCUT2D eigenvalue weighted by atomic mass is 127. The van der Waals surface area contributed by atoms with E-state index in [9.17, 15) is 23.5 Å². The molecule has 2 aromatic carbocycles. The minimum Gasteiger partial charge on any atom is -0.390 e. The molecular weight excluding hydrogens is 593 g/mol. The Bertz CT molecular complexity index is 1050. The molecule has 1 aliphatic heterocycles. The summed E-state index contributed by atoms with van der Waals surface area (Å²) in [4.78, 5) is 29.1. The van der Waals surface area contributed by atoms with Crippen molar-refractivity contribution in [2.45, 2.75) is 51.4 Å². The molecule has 0 aliphatic carbocycles. The number of rotatable bonds is 12. The summed E-state index contributed by atoms with van der Waals surface area (Å²) in [6, 6.07) is 10.3. The Labute approximate surface area is 230 Å². The Morgan fingerprint density at radius 1 is 1.19 bits per heavy atom. The van der Waals surface area contributed by atoms with Gasteiger partial charge in [0.25, 0.3) is 0 Å². The largest absolute Gasteiger partial charge is 0.390 e. The van der Waals surface area contributed by atoms with Crippen molar-refractivity contribution < 1.29 is 23.5 Å². The third-order valence-electron chi connectivity index (χ3n) is 6.33. The van der Waals surface area contributed by atoms with Crippen molar-refractivity contribution in [3.63, 3.8) is 0 Å². The van der Waals surface area contributed by atoms with Crippen LogP contribution in [0.15, 0.2) is 42.5 Å². The zero-order valence-electron chi connectivity index (χ0n) is 21.2. The van der Waals surface area contributed by atoms with Gasteiger partial charge in [0.1, 0.15) is 11.6 Å². The number of amides is 2. The number of aliphatic hydroxyl groups excluding tert-OH is 1. The predicted molar refractivity (Wildman–Crippen MR) is 147 cm³/mol. The number of benzene rings is 2. The standard InChI is InChI=1S/C27H35F2IN4O3/c1-3-7-34-18(2)15-33(17-27(34)37)16-26(36)32-24(11-20-8-21(28)12-22(29)9-20)25(35)14-31-13-19-5-4-6-23(30)10-19/h4-6,8-10,12,18,24-25,31,35H,3,7,11,13-17H2,1-2H3,(H,32,36)/t18-,24+,25+/m1/s1. The van der Waals surface area contributed by atoms with Gasteiger partial charge in [-0.3, -0.25) is 14.5 Å². The van der Waals surface area contributed by atoms with Crippen molar-refractivity contribution in [2.75, 3.05) is 32.7 Å². The van der Waals surface area contributed by atoms with E-state index in [-0.39, 0.29) is 43.9 Å². The van der Waals surface area contributed by atoms with E-state index in [4.69, 9.17) is 0 Å². The number of piperazine rings is 1. The van der Waals surface area contributed by atoms with Crippen LogP contribution in [0.5, 0.6) is 0 Å². The first-order valence-electron chi connectivity index (χ1n) is 12.5. The average molecular weight is 629 g/mol. The summed E-state index contributed by atoms with van der Waals surface area (Å²) >= 11 is 2.23. The van der Waals surface area contributed by atoms with Crippen LogP contribution in [0.1, 0.15) is 31.4 Å². The van der Waals surface area contributed by atoms with E-state index >= 15 is 0 Å². The van der Waals surface area contributed by atoms with Crippen LogP contribution in [0, 0.1) is 15.2 Å². The van der Waals surface area contributed by atoms with Crippen molar-refractivity contribution in [2.24, 2.45) is 0 Å². The number of hydrogen-bond donors (Lipinski definition) is 3. The lowest BCUT2D eigenvalue weighted by atomic mass is 10.0. The van der Waals surface area contributed by atoms with E-state index < -0.39 is 23.8 Å². The van der Waals surface area contributed by atoms with Gasteiger partial charge in [0.2, 0.25) is 11.8 Å². The summed E-state index contributed by atoms with van der Waals surface area (Å²) in [6.45, 7) is 6.06. The summed E-state index contributed by atoms with van der Waals surface area (Å²) in [5, 5.41) is 17.0. The van der Waals surface area contributed by atoms with Crippen LogP contribution < -0.4 is 10.6 Å². The number of carbonyl (C=O) groups excluding carboxylic acids is 2. The molecule has 7 nitrogen and oxygen atoms in total. The monoisotopic (exact) mass is 628 g/mol. The lowest BCUT2D eigenvalue weighted by Crippen LogP contribution is -2.58. The third kappa shape index (κ3) is 9.27. The molecule has 0 saturated carbocycles. The molecule has 202 valence electrons. The van der Waals surface area contributed by atoms with Crippen LogP contribution >= 0.6 is 22.6 Å². The fourth-order valence-corrected chi connectivity index (χ4v) is 5.25. The van der Waals surface area contributed by atoms with E-state index in [1.807, 2.05) is 43.0 Å². The first kappa shape index (κ1) is 29.4. The molecule has 0 unspecified atom stereocenters. The van der Waals surface area contributed by atoms with Gasteiger partial charge in [-0.25, -0.2) is 8.78 Å². The molecule has 0 radical (unpaired) electrons.